The predicted octanol–water partition coefficient (Wildman–Crippen LogP) is 3.89. The van der Waals surface area contributed by atoms with E-state index < -0.39 is 0 Å². The number of hydrogen-bond donors (Lipinski definition) is 1. The van der Waals surface area contributed by atoms with Crippen LogP contribution >= 0.6 is 0 Å². The van der Waals surface area contributed by atoms with Crippen molar-refractivity contribution >= 4 is 5.91 Å². The summed E-state index contributed by atoms with van der Waals surface area (Å²) in [6, 6.07) is 15.9. The first-order chi connectivity index (χ1) is 13.0. The fourth-order valence-electron chi connectivity index (χ4n) is 4.00. The number of hydrogen-bond acceptors (Lipinski definition) is 2. The second-order valence-corrected chi connectivity index (χ2v) is 7.51. The van der Waals surface area contributed by atoms with Gasteiger partial charge in [-0.1, -0.05) is 48.0 Å². The summed E-state index contributed by atoms with van der Waals surface area (Å²) in [5, 5.41) is 3.60. The molecule has 1 aliphatic rings. The van der Waals surface area contributed by atoms with Crippen LogP contribution in [-0.4, -0.2) is 36.0 Å². The average Bonchev–Trinajstić information content (AvgIpc) is 2.66. The van der Waals surface area contributed by atoms with Crippen molar-refractivity contribution in [3.63, 3.8) is 0 Å². The van der Waals surface area contributed by atoms with Crippen molar-refractivity contribution in [3.05, 3.63) is 71.0 Å². The Hall–Kier alpha value is -2.20. The van der Waals surface area contributed by atoms with Crippen LogP contribution in [0.1, 0.15) is 36.5 Å². The Kier molecular flexibility index (Phi) is 6.62. The summed E-state index contributed by atoms with van der Waals surface area (Å²) in [7, 11) is 0. The lowest BCUT2D eigenvalue weighted by atomic mass is 9.90. The maximum absolute atomic E-state index is 13.8. The number of carbonyl (C=O) groups excluding carboxylic acids is 1. The number of aryl methyl sites for hydroxylation is 1. The molecular weight excluding hydrogens is 339 g/mol. The molecule has 2 atom stereocenters. The number of halogens is 1. The minimum Gasteiger partial charge on any atom is -0.338 e. The van der Waals surface area contributed by atoms with Crippen molar-refractivity contribution in [1.29, 1.82) is 0 Å². The van der Waals surface area contributed by atoms with E-state index >= 15 is 0 Å². The Bertz CT molecular complexity index is 759. The molecule has 2 aromatic rings. The second-order valence-electron chi connectivity index (χ2n) is 7.51. The third kappa shape index (κ3) is 5.16. The lowest BCUT2D eigenvalue weighted by Crippen LogP contribution is -2.56. The van der Waals surface area contributed by atoms with Gasteiger partial charge in [-0.05, 0) is 56.3 Å². The van der Waals surface area contributed by atoms with Gasteiger partial charge in [0.15, 0.2) is 0 Å². The average molecular weight is 368 g/mol. The topological polar surface area (TPSA) is 32.3 Å². The van der Waals surface area contributed by atoms with E-state index in [1.165, 1.54) is 17.2 Å². The summed E-state index contributed by atoms with van der Waals surface area (Å²) < 4.78 is 13.8. The Balaban J connectivity index is 1.67. The highest BCUT2D eigenvalue weighted by atomic mass is 19.1. The molecule has 3 rings (SSSR count). The summed E-state index contributed by atoms with van der Waals surface area (Å²) in [5.74, 6) is -0.0165. The van der Waals surface area contributed by atoms with Crippen molar-refractivity contribution in [2.45, 2.75) is 51.6 Å². The minimum absolute atomic E-state index is 0.132. The molecule has 1 heterocycles. The molecule has 1 N–H and O–H groups in total. The largest absolute Gasteiger partial charge is 0.338 e. The van der Waals surface area contributed by atoms with Gasteiger partial charge < -0.3 is 10.2 Å². The molecule has 1 fully saturated rings. The molecular formula is C23H29FN2O. The summed E-state index contributed by atoms with van der Waals surface area (Å²) >= 11 is 0. The monoisotopic (exact) mass is 368 g/mol. The number of piperidine rings is 1. The Morgan fingerprint density at radius 1 is 1.19 bits per heavy atom. The second kappa shape index (κ2) is 9.14. The van der Waals surface area contributed by atoms with Gasteiger partial charge in [-0.15, -0.1) is 0 Å². The standard InChI is InChI=1S/C23H29FN2O/c1-17-9-11-19(12-10-17)16-23-22(8-5-15-26(23)18(2)27)25-14-13-20-6-3-4-7-21(20)24/h3-4,6-7,9-12,22-23,25H,5,8,13-16H2,1-2H3/t22-,23-/m0/s1. The van der Waals surface area contributed by atoms with Crippen LogP contribution in [0.4, 0.5) is 4.39 Å². The fourth-order valence-corrected chi connectivity index (χ4v) is 4.00. The summed E-state index contributed by atoms with van der Waals surface area (Å²) in [6.07, 6.45) is 3.54. The van der Waals surface area contributed by atoms with E-state index in [9.17, 15) is 9.18 Å². The van der Waals surface area contributed by atoms with Gasteiger partial charge in [-0.3, -0.25) is 4.79 Å². The van der Waals surface area contributed by atoms with Crippen molar-refractivity contribution < 1.29 is 9.18 Å². The summed E-state index contributed by atoms with van der Waals surface area (Å²) in [5.41, 5.74) is 3.23. The number of nitrogens with one attached hydrogen (secondary N) is 1. The van der Waals surface area contributed by atoms with Gasteiger partial charge in [-0.2, -0.15) is 0 Å². The number of likely N-dealkylation sites (tertiary alicyclic amines) is 1. The van der Waals surface area contributed by atoms with Crippen LogP contribution in [0.5, 0.6) is 0 Å². The molecule has 0 aromatic heterocycles. The molecule has 4 heteroatoms. The van der Waals surface area contributed by atoms with Crippen LogP contribution in [0.15, 0.2) is 48.5 Å². The lowest BCUT2D eigenvalue weighted by Gasteiger charge is -2.41. The summed E-state index contributed by atoms with van der Waals surface area (Å²) in [6.45, 7) is 5.27. The highest BCUT2D eigenvalue weighted by molar-refractivity contribution is 5.73. The van der Waals surface area contributed by atoms with E-state index in [2.05, 4.69) is 36.5 Å². The zero-order chi connectivity index (χ0) is 19.2. The number of nitrogens with zero attached hydrogens (tertiary/aromatic N) is 1. The SMILES string of the molecule is CC(=O)N1CCC[C@H](NCCc2ccccc2F)[C@@H]1Cc1ccc(C)cc1. The Morgan fingerprint density at radius 2 is 1.93 bits per heavy atom. The third-order valence-corrected chi connectivity index (χ3v) is 5.51. The molecule has 2 aromatic carbocycles. The van der Waals surface area contributed by atoms with Crippen LogP contribution in [-0.2, 0) is 17.6 Å². The quantitative estimate of drug-likeness (QED) is 0.839. The normalized spacial score (nSPS) is 19.9. The highest BCUT2D eigenvalue weighted by Gasteiger charge is 2.32. The molecule has 3 nitrogen and oxygen atoms in total. The van der Waals surface area contributed by atoms with Gasteiger partial charge in [0, 0.05) is 19.5 Å². The molecule has 0 bridgehead atoms. The van der Waals surface area contributed by atoms with Gasteiger partial charge in [0.2, 0.25) is 5.91 Å². The number of amides is 1. The molecule has 0 spiro atoms. The van der Waals surface area contributed by atoms with Crippen LogP contribution in [0.3, 0.4) is 0 Å². The number of carbonyl (C=O) groups is 1. The minimum atomic E-state index is -0.149. The highest BCUT2D eigenvalue weighted by Crippen LogP contribution is 2.22. The fraction of sp³-hybridized carbons (Fsp3) is 0.435. The van der Waals surface area contributed by atoms with E-state index in [0.29, 0.717) is 13.0 Å². The van der Waals surface area contributed by atoms with Crippen molar-refractivity contribution in [1.82, 2.24) is 10.2 Å². The van der Waals surface area contributed by atoms with Gasteiger partial charge in [0.1, 0.15) is 5.82 Å². The molecule has 0 aliphatic carbocycles. The Morgan fingerprint density at radius 3 is 2.63 bits per heavy atom. The first kappa shape index (κ1) is 19.6. The predicted molar refractivity (Wildman–Crippen MR) is 107 cm³/mol. The van der Waals surface area contributed by atoms with Gasteiger partial charge in [0.25, 0.3) is 0 Å². The van der Waals surface area contributed by atoms with Gasteiger partial charge in [-0.25, -0.2) is 4.39 Å². The summed E-state index contributed by atoms with van der Waals surface area (Å²) in [4.78, 5) is 14.2. The van der Waals surface area contributed by atoms with Crippen LogP contribution < -0.4 is 5.32 Å². The van der Waals surface area contributed by atoms with Crippen LogP contribution in [0.25, 0.3) is 0 Å². The molecule has 0 unspecified atom stereocenters. The van der Waals surface area contributed by atoms with Gasteiger partial charge >= 0.3 is 0 Å². The third-order valence-electron chi connectivity index (χ3n) is 5.51. The van der Waals surface area contributed by atoms with Gasteiger partial charge in [0.05, 0.1) is 6.04 Å². The molecule has 0 radical (unpaired) electrons. The lowest BCUT2D eigenvalue weighted by molar-refractivity contribution is -0.133. The van der Waals surface area contributed by atoms with Crippen LogP contribution in [0.2, 0.25) is 0 Å². The number of benzene rings is 2. The van der Waals surface area contributed by atoms with E-state index in [-0.39, 0.29) is 23.8 Å². The van der Waals surface area contributed by atoms with Crippen LogP contribution in [0, 0.1) is 12.7 Å². The van der Waals surface area contributed by atoms with E-state index in [0.717, 1.165) is 31.4 Å². The van der Waals surface area contributed by atoms with Crippen molar-refractivity contribution in [2.75, 3.05) is 13.1 Å². The van der Waals surface area contributed by atoms with E-state index in [1.54, 1.807) is 13.0 Å². The Labute approximate surface area is 161 Å². The molecule has 1 amide bonds. The van der Waals surface area contributed by atoms with Crippen molar-refractivity contribution in [2.24, 2.45) is 0 Å². The first-order valence-electron chi connectivity index (χ1n) is 9.84. The molecule has 1 aliphatic heterocycles. The van der Waals surface area contributed by atoms with E-state index in [4.69, 9.17) is 0 Å². The van der Waals surface area contributed by atoms with E-state index in [1.807, 2.05) is 17.0 Å². The first-order valence-corrected chi connectivity index (χ1v) is 9.84. The molecule has 1 saturated heterocycles. The smallest absolute Gasteiger partial charge is 0.219 e. The maximum atomic E-state index is 13.8. The van der Waals surface area contributed by atoms with Crippen molar-refractivity contribution in [3.8, 4) is 0 Å². The molecule has 144 valence electrons. The molecule has 0 saturated carbocycles. The molecule has 27 heavy (non-hydrogen) atoms. The zero-order valence-electron chi connectivity index (χ0n) is 16.2. The zero-order valence-corrected chi connectivity index (χ0v) is 16.2. The number of rotatable bonds is 6. The maximum Gasteiger partial charge on any atom is 0.219 e.